The van der Waals surface area contributed by atoms with Crippen molar-refractivity contribution in [2.24, 2.45) is 0 Å². The highest BCUT2D eigenvalue weighted by Gasteiger charge is 2.18. The van der Waals surface area contributed by atoms with E-state index in [9.17, 15) is 0 Å². The Kier molecular flexibility index (Phi) is 4.93. The third kappa shape index (κ3) is 3.39. The first kappa shape index (κ1) is 23.1. The summed E-state index contributed by atoms with van der Waals surface area (Å²) < 4.78 is 4.85. The number of fused-ring (bicyclic) bond motifs is 7. The summed E-state index contributed by atoms with van der Waals surface area (Å²) in [5.41, 5.74) is 9.68. The van der Waals surface area contributed by atoms with Crippen molar-refractivity contribution in [2.45, 2.75) is 0 Å². The van der Waals surface area contributed by atoms with Crippen molar-refractivity contribution in [3.05, 3.63) is 158 Å². The molecule has 2 nitrogen and oxygen atoms in total. The Morgan fingerprint density at radius 1 is 0.286 bits per heavy atom. The highest BCUT2D eigenvalue weighted by atomic mass is 15.0. The number of hydrogen-bond acceptors (Lipinski definition) is 0. The molecule has 0 bridgehead atoms. The van der Waals surface area contributed by atoms with Crippen LogP contribution < -0.4 is 0 Å². The van der Waals surface area contributed by atoms with Crippen LogP contribution >= 0.6 is 0 Å². The Bertz CT molecular complexity index is 2440. The monoisotopic (exact) mass is 534 g/mol. The van der Waals surface area contributed by atoms with Crippen molar-refractivity contribution in [1.82, 2.24) is 9.13 Å². The maximum atomic E-state index is 2.43. The van der Waals surface area contributed by atoms with Gasteiger partial charge in [0, 0.05) is 32.9 Å². The maximum Gasteiger partial charge on any atom is 0.0548 e. The normalized spacial score (nSPS) is 11.8. The first-order chi connectivity index (χ1) is 20.8. The van der Waals surface area contributed by atoms with Crippen molar-refractivity contribution in [1.29, 1.82) is 0 Å². The topological polar surface area (TPSA) is 9.86 Å². The van der Waals surface area contributed by atoms with Crippen LogP contribution in [0.25, 0.3) is 76.9 Å². The third-order valence-electron chi connectivity index (χ3n) is 8.69. The SMILES string of the molecule is c1ccc(-c2ccc(-n3c4ccccc4c4cc5c(cc43)c3ccccc3n5-c3ccc4ccccc4c3)cc2)cc1. The summed E-state index contributed by atoms with van der Waals surface area (Å²) in [6.45, 7) is 0. The van der Waals surface area contributed by atoms with Gasteiger partial charge in [-0.2, -0.15) is 0 Å². The minimum Gasteiger partial charge on any atom is -0.309 e. The Labute approximate surface area is 243 Å². The van der Waals surface area contributed by atoms with Gasteiger partial charge < -0.3 is 9.13 Å². The van der Waals surface area contributed by atoms with E-state index in [0.29, 0.717) is 0 Å². The van der Waals surface area contributed by atoms with Crippen LogP contribution in [-0.4, -0.2) is 9.13 Å². The molecule has 0 fully saturated rings. The molecule has 0 radical (unpaired) electrons. The van der Waals surface area contributed by atoms with Crippen LogP contribution in [0.4, 0.5) is 0 Å². The van der Waals surface area contributed by atoms with Crippen LogP contribution in [0.3, 0.4) is 0 Å². The van der Waals surface area contributed by atoms with Gasteiger partial charge in [0.1, 0.15) is 0 Å². The second kappa shape index (κ2) is 8.95. The number of rotatable bonds is 3. The number of benzene rings is 7. The highest BCUT2D eigenvalue weighted by Crippen LogP contribution is 2.40. The average molecular weight is 535 g/mol. The van der Waals surface area contributed by atoms with Crippen molar-refractivity contribution in [2.75, 3.05) is 0 Å². The molecule has 0 aliphatic carbocycles. The lowest BCUT2D eigenvalue weighted by molar-refractivity contribution is 1.18. The van der Waals surface area contributed by atoms with Gasteiger partial charge in [-0.05, 0) is 70.4 Å². The smallest absolute Gasteiger partial charge is 0.0548 e. The molecule has 9 rings (SSSR count). The van der Waals surface area contributed by atoms with Gasteiger partial charge in [0.05, 0.1) is 22.1 Å². The summed E-state index contributed by atoms with van der Waals surface area (Å²) in [4.78, 5) is 0. The molecule has 2 heterocycles. The van der Waals surface area contributed by atoms with E-state index in [1.807, 2.05) is 0 Å². The molecule has 0 saturated carbocycles. The largest absolute Gasteiger partial charge is 0.309 e. The molecule has 9 aromatic rings. The zero-order valence-corrected chi connectivity index (χ0v) is 22.9. The van der Waals surface area contributed by atoms with Crippen molar-refractivity contribution in [3.63, 3.8) is 0 Å². The molecule has 196 valence electrons. The highest BCUT2D eigenvalue weighted by molar-refractivity contribution is 6.19. The lowest BCUT2D eigenvalue weighted by Gasteiger charge is -2.11. The Morgan fingerprint density at radius 3 is 1.45 bits per heavy atom. The van der Waals surface area contributed by atoms with Crippen LogP contribution in [0.1, 0.15) is 0 Å². The fraction of sp³-hybridized carbons (Fsp3) is 0. The van der Waals surface area contributed by atoms with Gasteiger partial charge >= 0.3 is 0 Å². The van der Waals surface area contributed by atoms with E-state index in [1.54, 1.807) is 0 Å². The van der Waals surface area contributed by atoms with Crippen molar-refractivity contribution in [3.8, 4) is 22.5 Å². The summed E-state index contributed by atoms with van der Waals surface area (Å²) in [6, 6.07) is 57.3. The molecule has 0 atom stereocenters. The lowest BCUT2D eigenvalue weighted by Crippen LogP contribution is -1.95. The quantitative estimate of drug-likeness (QED) is 0.213. The van der Waals surface area contributed by atoms with E-state index in [2.05, 4.69) is 167 Å². The van der Waals surface area contributed by atoms with Crippen LogP contribution in [0.15, 0.2) is 158 Å². The summed E-state index contributed by atoms with van der Waals surface area (Å²) in [7, 11) is 0. The van der Waals surface area contributed by atoms with E-state index in [0.717, 1.165) is 0 Å². The number of nitrogens with zero attached hydrogens (tertiary/aromatic N) is 2. The molecular weight excluding hydrogens is 508 g/mol. The molecule has 2 heteroatoms. The second-order valence-corrected chi connectivity index (χ2v) is 11.0. The molecule has 0 saturated heterocycles. The fourth-order valence-corrected chi connectivity index (χ4v) is 6.74. The van der Waals surface area contributed by atoms with E-state index in [1.165, 1.54) is 76.9 Å². The van der Waals surface area contributed by atoms with Crippen LogP contribution in [0.5, 0.6) is 0 Å². The van der Waals surface area contributed by atoms with E-state index < -0.39 is 0 Å². The molecule has 0 spiro atoms. The standard InChI is InChI=1S/C40H26N2/c1-2-10-27(11-3-1)29-18-21-31(22-19-29)41-37-16-8-6-14-33(37)35-26-40-36(25-39(35)41)34-15-7-9-17-38(34)42(40)32-23-20-28-12-4-5-13-30(28)24-32/h1-26H. The van der Waals surface area contributed by atoms with Gasteiger partial charge in [0.15, 0.2) is 0 Å². The molecule has 2 aromatic heterocycles. The Hall–Kier alpha value is -5.60. The van der Waals surface area contributed by atoms with E-state index in [-0.39, 0.29) is 0 Å². The molecule has 0 aliphatic rings. The minimum absolute atomic E-state index is 1.17. The summed E-state index contributed by atoms with van der Waals surface area (Å²) >= 11 is 0. The van der Waals surface area contributed by atoms with Crippen LogP contribution in [0.2, 0.25) is 0 Å². The Morgan fingerprint density at radius 2 is 0.786 bits per heavy atom. The third-order valence-corrected chi connectivity index (χ3v) is 8.69. The zero-order chi connectivity index (χ0) is 27.6. The number of aromatic nitrogens is 2. The zero-order valence-electron chi connectivity index (χ0n) is 22.9. The van der Waals surface area contributed by atoms with Gasteiger partial charge in [-0.3, -0.25) is 0 Å². The average Bonchev–Trinajstić information content (AvgIpc) is 3.56. The van der Waals surface area contributed by atoms with Crippen LogP contribution in [-0.2, 0) is 0 Å². The summed E-state index contributed by atoms with van der Waals surface area (Å²) in [5, 5.41) is 7.55. The van der Waals surface area contributed by atoms with Gasteiger partial charge in [-0.25, -0.2) is 0 Å². The molecule has 0 N–H and O–H groups in total. The van der Waals surface area contributed by atoms with Crippen LogP contribution in [0, 0.1) is 0 Å². The van der Waals surface area contributed by atoms with Gasteiger partial charge in [-0.15, -0.1) is 0 Å². The summed E-state index contributed by atoms with van der Waals surface area (Å²) in [6.07, 6.45) is 0. The van der Waals surface area contributed by atoms with Gasteiger partial charge in [0.25, 0.3) is 0 Å². The second-order valence-electron chi connectivity index (χ2n) is 11.0. The number of hydrogen-bond donors (Lipinski definition) is 0. The van der Waals surface area contributed by atoms with E-state index in [4.69, 9.17) is 0 Å². The molecule has 0 amide bonds. The molecular formula is C40H26N2. The molecule has 0 aliphatic heterocycles. The fourth-order valence-electron chi connectivity index (χ4n) is 6.74. The predicted octanol–water partition coefficient (Wildman–Crippen LogP) is 10.7. The number of para-hydroxylation sites is 2. The summed E-state index contributed by atoms with van der Waals surface area (Å²) in [5.74, 6) is 0. The molecule has 7 aromatic carbocycles. The van der Waals surface area contributed by atoms with Gasteiger partial charge in [0.2, 0.25) is 0 Å². The van der Waals surface area contributed by atoms with E-state index >= 15 is 0 Å². The molecule has 42 heavy (non-hydrogen) atoms. The molecule has 0 unspecified atom stereocenters. The van der Waals surface area contributed by atoms with Crippen molar-refractivity contribution < 1.29 is 0 Å². The first-order valence-electron chi connectivity index (χ1n) is 14.4. The maximum absolute atomic E-state index is 2.43. The first-order valence-corrected chi connectivity index (χ1v) is 14.4. The van der Waals surface area contributed by atoms with Gasteiger partial charge in [-0.1, -0.05) is 109 Å². The Balaban J connectivity index is 1.34. The predicted molar refractivity (Wildman–Crippen MR) is 178 cm³/mol. The lowest BCUT2D eigenvalue weighted by atomic mass is 10.1. The minimum atomic E-state index is 1.17. The van der Waals surface area contributed by atoms with Crippen molar-refractivity contribution >= 4 is 54.4 Å².